The minimum Gasteiger partial charge on any atom is -0.338 e. The summed E-state index contributed by atoms with van der Waals surface area (Å²) in [6, 6.07) is 19.8. The maximum absolute atomic E-state index is 13.3. The van der Waals surface area contributed by atoms with Crippen LogP contribution in [-0.4, -0.2) is 29.7 Å². The molecule has 0 N–H and O–H groups in total. The van der Waals surface area contributed by atoms with Crippen molar-refractivity contribution in [2.24, 2.45) is 5.92 Å². The summed E-state index contributed by atoms with van der Waals surface area (Å²) in [5.41, 5.74) is 3.47. The van der Waals surface area contributed by atoms with E-state index in [0.29, 0.717) is 25.1 Å². The van der Waals surface area contributed by atoms with Crippen LogP contribution in [0.5, 0.6) is 0 Å². The first-order valence-electron chi connectivity index (χ1n) is 10.1. The van der Waals surface area contributed by atoms with E-state index in [-0.39, 0.29) is 17.6 Å². The Bertz CT molecular complexity index is 908. The molecule has 1 amide bonds. The van der Waals surface area contributed by atoms with Crippen LogP contribution in [-0.2, 0) is 9.59 Å². The molecule has 2 aromatic rings. The van der Waals surface area contributed by atoms with Crippen LogP contribution in [0.15, 0.2) is 71.8 Å². The van der Waals surface area contributed by atoms with Crippen LogP contribution in [0.1, 0.15) is 36.8 Å². The fourth-order valence-electron chi connectivity index (χ4n) is 3.78. The Hall–Kier alpha value is -2.94. The minimum atomic E-state index is 0.0524. The second-order valence-corrected chi connectivity index (χ2v) is 7.63. The van der Waals surface area contributed by atoms with Crippen molar-refractivity contribution in [3.63, 3.8) is 0 Å². The molecular formula is C25H25NO2. The van der Waals surface area contributed by atoms with Crippen LogP contribution in [0.2, 0.25) is 0 Å². The first-order chi connectivity index (χ1) is 13.7. The number of likely N-dealkylation sites (tertiary alicyclic amines) is 1. The summed E-state index contributed by atoms with van der Waals surface area (Å²) in [5, 5.41) is 0. The van der Waals surface area contributed by atoms with Gasteiger partial charge in [0, 0.05) is 30.2 Å². The number of benzene rings is 2. The number of carbonyl (C=O) groups is 2. The number of hydrogen-bond donors (Lipinski definition) is 0. The highest BCUT2D eigenvalue weighted by Crippen LogP contribution is 2.30. The fourth-order valence-corrected chi connectivity index (χ4v) is 3.78. The summed E-state index contributed by atoms with van der Waals surface area (Å²) in [7, 11) is 0. The van der Waals surface area contributed by atoms with Gasteiger partial charge in [-0.15, -0.1) is 0 Å². The number of carbonyl (C=O) groups excluding carboxylic acids is 2. The van der Waals surface area contributed by atoms with Gasteiger partial charge in [-0.25, -0.2) is 0 Å². The monoisotopic (exact) mass is 371 g/mol. The van der Waals surface area contributed by atoms with Gasteiger partial charge in [0.15, 0.2) is 5.78 Å². The lowest BCUT2D eigenvalue weighted by Gasteiger charge is -2.31. The van der Waals surface area contributed by atoms with Gasteiger partial charge in [0.25, 0.3) is 0 Å². The molecule has 0 atom stereocenters. The standard InChI is InChI=1S/C25H25NO2/c27-24-22(16-19-8-3-1-4-9-19)14-15-26(25(28)21-12-7-13-21)18-23(24)17-20-10-5-2-6-11-20/h1-6,8-11,16-17,21H,7,12-15,18H2/b22-16+,23-17+. The third-order valence-electron chi connectivity index (χ3n) is 5.64. The Morgan fingerprint density at radius 1 is 0.857 bits per heavy atom. The Labute approximate surface area is 166 Å². The van der Waals surface area contributed by atoms with E-state index >= 15 is 0 Å². The van der Waals surface area contributed by atoms with Gasteiger partial charge in [-0.3, -0.25) is 9.59 Å². The zero-order valence-corrected chi connectivity index (χ0v) is 16.0. The smallest absolute Gasteiger partial charge is 0.225 e. The maximum atomic E-state index is 13.3. The molecule has 142 valence electrons. The molecule has 3 nitrogen and oxygen atoms in total. The lowest BCUT2D eigenvalue weighted by Crippen LogP contribution is -2.40. The zero-order chi connectivity index (χ0) is 19.3. The number of rotatable bonds is 3. The SMILES string of the molecule is O=C1/C(=C/c2ccccc2)CCN(C(=O)C2CCC2)C/C1=C\c1ccccc1. The Morgan fingerprint density at radius 3 is 1.96 bits per heavy atom. The predicted octanol–water partition coefficient (Wildman–Crippen LogP) is 4.76. The predicted molar refractivity (Wildman–Crippen MR) is 112 cm³/mol. The third kappa shape index (κ3) is 4.14. The minimum absolute atomic E-state index is 0.0524. The number of amides is 1. The van der Waals surface area contributed by atoms with Crippen LogP contribution in [0.25, 0.3) is 12.2 Å². The molecule has 0 spiro atoms. The highest BCUT2D eigenvalue weighted by molar-refractivity contribution is 6.14. The molecule has 2 aliphatic rings. The highest BCUT2D eigenvalue weighted by atomic mass is 16.2. The Kier molecular flexibility index (Phi) is 5.52. The molecule has 0 aromatic heterocycles. The molecule has 28 heavy (non-hydrogen) atoms. The molecule has 0 unspecified atom stereocenters. The largest absolute Gasteiger partial charge is 0.338 e. The number of ketones is 1. The van der Waals surface area contributed by atoms with Crippen molar-refractivity contribution in [3.05, 3.63) is 82.9 Å². The van der Waals surface area contributed by atoms with E-state index in [1.54, 1.807) is 0 Å². The third-order valence-corrected chi connectivity index (χ3v) is 5.64. The molecule has 4 rings (SSSR count). The fraction of sp³-hybridized carbons (Fsp3) is 0.280. The molecule has 2 fully saturated rings. The van der Waals surface area contributed by atoms with E-state index in [4.69, 9.17) is 0 Å². The Balaban J connectivity index is 1.67. The molecule has 2 aromatic carbocycles. The normalized spacial score (nSPS) is 20.9. The van der Waals surface area contributed by atoms with Crippen molar-refractivity contribution in [2.75, 3.05) is 13.1 Å². The van der Waals surface area contributed by atoms with Gasteiger partial charge in [0.05, 0.1) is 0 Å². The van der Waals surface area contributed by atoms with E-state index in [9.17, 15) is 9.59 Å². The average molecular weight is 371 g/mol. The molecule has 3 heteroatoms. The first kappa shape index (κ1) is 18.4. The second-order valence-electron chi connectivity index (χ2n) is 7.63. The Morgan fingerprint density at radius 2 is 1.43 bits per heavy atom. The van der Waals surface area contributed by atoms with Crippen molar-refractivity contribution >= 4 is 23.8 Å². The van der Waals surface area contributed by atoms with Crippen molar-refractivity contribution in [2.45, 2.75) is 25.7 Å². The van der Waals surface area contributed by atoms with Gasteiger partial charge < -0.3 is 4.90 Å². The van der Waals surface area contributed by atoms with E-state index in [1.165, 1.54) is 0 Å². The van der Waals surface area contributed by atoms with Gasteiger partial charge in [-0.05, 0) is 42.5 Å². The summed E-state index contributed by atoms with van der Waals surface area (Å²) in [5.74, 6) is 0.406. The number of Topliss-reactive ketones (excluding diaryl/α,β-unsaturated/α-hetero) is 1. The summed E-state index contributed by atoms with van der Waals surface area (Å²) >= 11 is 0. The van der Waals surface area contributed by atoms with Gasteiger partial charge >= 0.3 is 0 Å². The van der Waals surface area contributed by atoms with E-state index in [0.717, 1.165) is 36.0 Å². The summed E-state index contributed by atoms with van der Waals surface area (Å²) in [4.78, 5) is 28.1. The van der Waals surface area contributed by atoms with Crippen LogP contribution in [0.4, 0.5) is 0 Å². The molecular weight excluding hydrogens is 346 g/mol. The van der Waals surface area contributed by atoms with Crippen molar-refractivity contribution in [1.82, 2.24) is 4.90 Å². The lowest BCUT2D eigenvalue weighted by atomic mass is 9.84. The van der Waals surface area contributed by atoms with Gasteiger partial charge in [-0.2, -0.15) is 0 Å². The molecule has 1 aliphatic carbocycles. The molecule has 0 bridgehead atoms. The van der Waals surface area contributed by atoms with Crippen molar-refractivity contribution in [1.29, 1.82) is 0 Å². The van der Waals surface area contributed by atoms with Gasteiger partial charge in [0.2, 0.25) is 5.91 Å². The summed E-state index contributed by atoms with van der Waals surface area (Å²) in [6.45, 7) is 1.00. The topological polar surface area (TPSA) is 37.4 Å². The zero-order valence-electron chi connectivity index (χ0n) is 16.0. The molecule has 1 heterocycles. The van der Waals surface area contributed by atoms with Crippen molar-refractivity contribution < 1.29 is 9.59 Å². The average Bonchev–Trinajstić information content (AvgIpc) is 2.82. The quantitative estimate of drug-likeness (QED) is 0.730. The molecule has 1 saturated carbocycles. The van der Waals surface area contributed by atoms with Crippen LogP contribution >= 0.6 is 0 Å². The van der Waals surface area contributed by atoms with Crippen molar-refractivity contribution in [3.8, 4) is 0 Å². The number of nitrogens with zero attached hydrogens (tertiary/aromatic N) is 1. The number of hydrogen-bond acceptors (Lipinski definition) is 2. The second kappa shape index (κ2) is 8.39. The maximum Gasteiger partial charge on any atom is 0.225 e. The molecule has 1 saturated heterocycles. The lowest BCUT2D eigenvalue weighted by molar-refractivity contribution is -0.137. The molecule has 1 aliphatic heterocycles. The van der Waals surface area contributed by atoms with E-state index in [1.807, 2.05) is 77.7 Å². The van der Waals surface area contributed by atoms with Gasteiger partial charge in [0.1, 0.15) is 0 Å². The molecule has 0 radical (unpaired) electrons. The summed E-state index contributed by atoms with van der Waals surface area (Å²) in [6.07, 6.45) is 7.60. The van der Waals surface area contributed by atoms with Crippen LogP contribution in [0.3, 0.4) is 0 Å². The first-order valence-corrected chi connectivity index (χ1v) is 10.1. The van der Waals surface area contributed by atoms with Crippen LogP contribution < -0.4 is 0 Å². The van der Waals surface area contributed by atoms with E-state index in [2.05, 4.69) is 0 Å². The van der Waals surface area contributed by atoms with Crippen LogP contribution in [0, 0.1) is 5.92 Å². The highest BCUT2D eigenvalue weighted by Gasteiger charge is 2.32. The van der Waals surface area contributed by atoms with Gasteiger partial charge in [-0.1, -0.05) is 67.1 Å². The van der Waals surface area contributed by atoms with E-state index < -0.39 is 0 Å². The summed E-state index contributed by atoms with van der Waals surface area (Å²) < 4.78 is 0.